The van der Waals surface area contributed by atoms with Gasteiger partial charge in [-0.25, -0.2) is 0 Å². The van der Waals surface area contributed by atoms with Gasteiger partial charge in [-0.1, -0.05) is 0 Å². The monoisotopic (exact) mass is 287 g/mol. The molecule has 0 amide bonds. The molecule has 2 aromatic rings. The highest BCUT2D eigenvalue weighted by Crippen LogP contribution is 2.33. The number of aryl methyl sites for hydroxylation is 1. The maximum absolute atomic E-state index is 6.06. The van der Waals surface area contributed by atoms with E-state index in [0.29, 0.717) is 6.04 Å². The van der Waals surface area contributed by atoms with Gasteiger partial charge in [0.2, 0.25) is 0 Å². The van der Waals surface area contributed by atoms with E-state index >= 15 is 0 Å². The molecule has 3 N–H and O–H groups in total. The summed E-state index contributed by atoms with van der Waals surface area (Å²) in [6.07, 6.45) is 7.90. The topological polar surface area (TPSA) is 50.9 Å². The van der Waals surface area contributed by atoms with Crippen molar-refractivity contribution in [2.24, 2.45) is 0 Å². The van der Waals surface area contributed by atoms with Crippen LogP contribution in [0.25, 0.3) is 10.8 Å². The molecule has 1 aromatic heterocycles. The first-order valence-corrected chi connectivity index (χ1v) is 8.40. The molecular formula is C16H21N3S. The summed E-state index contributed by atoms with van der Waals surface area (Å²) in [5.74, 6) is 0. The Morgan fingerprint density at radius 2 is 2.15 bits per heavy atom. The van der Waals surface area contributed by atoms with Gasteiger partial charge in [-0.15, -0.1) is 0 Å². The lowest BCUT2D eigenvalue weighted by atomic mass is 10.1. The molecule has 0 bridgehead atoms. The summed E-state index contributed by atoms with van der Waals surface area (Å²) >= 11 is 1.99. The van der Waals surface area contributed by atoms with Crippen LogP contribution >= 0.6 is 11.8 Å². The number of thioether (sulfide) groups is 1. The van der Waals surface area contributed by atoms with E-state index in [4.69, 9.17) is 5.73 Å². The van der Waals surface area contributed by atoms with Crippen LogP contribution in [-0.2, 0) is 0 Å². The van der Waals surface area contributed by atoms with Crippen molar-refractivity contribution >= 4 is 33.9 Å². The van der Waals surface area contributed by atoms with Gasteiger partial charge < -0.3 is 11.1 Å². The first kappa shape index (κ1) is 13.6. The van der Waals surface area contributed by atoms with Crippen molar-refractivity contribution in [2.45, 2.75) is 37.5 Å². The summed E-state index contributed by atoms with van der Waals surface area (Å²) < 4.78 is 0. The molecule has 1 aliphatic rings. The van der Waals surface area contributed by atoms with Crippen LogP contribution < -0.4 is 11.1 Å². The van der Waals surface area contributed by atoms with Crippen molar-refractivity contribution in [2.75, 3.05) is 17.3 Å². The van der Waals surface area contributed by atoms with E-state index < -0.39 is 0 Å². The van der Waals surface area contributed by atoms with Gasteiger partial charge in [0, 0.05) is 45.3 Å². The van der Waals surface area contributed by atoms with Crippen LogP contribution in [0.5, 0.6) is 0 Å². The number of rotatable bonds is 3. The first-order chi connectivity index (χ1) is 9.67. The van der Waals surface area contributed by atoms with Gasteiger partial charge in [0.25, 0.3) is 0 Å². The van der Waals surface area contributed by atoms with Gasteiger partial charge in [0.05, 0.1) is 0 Å². The number of aromatic nitrogens is 1. The minimum atomic E-state index is 0.577. The van der Waals surface area contributed by atoms with E-state index in [1.165, 1.54) is 30.3 Å². The summed E-state index contributed by atoms with van der Waals surface area (Å²) in [6.45, 7) is 2.02. The Morgan fingerprint density at radius 3 is 2.90 bits per heavy atom. The highest BCUT2D eigenvalue weighted by Gasteiger charge is 2.24. The van der Waals surface area contributed by atoms with Crippen molar-refractivity contribution in [3.05, 3.63) is 30.1 Å². The Morgan fingerprint density at radius 1 is 1.30 bits per heavy atom. The van der Waals surface area contributed by atoms with Crippen molar-refractivity contribution < 1.29 is 0 Å². The predicted molar refractivity (Wildman–Crippen MR) is 89.5 cm³/mol. The zero-order valence-electron chi connectivity index (χ0n) is 12.0. The second kappa shape index (κ2) is 5.52. The molecule has 1 heterocycles. The maximum atomic E-state index is 6.06. The molecule has 0 saturated heterocycles. The fourth-order valence-corrected chi connectivity index (χ4v) is 3.79. The third kappa shape index (κ3) is 2.57. The summed E-state index contributed by atoms with van der Waals surface area (Å²) in [7, 11) is 0. The number of hydrogen-bond acceptors (Lipinski definition) is 4. The van der Waals surface area contributed by atoms with Gasteiger partial charge in [0.1, 0.15) is 0 Å². The van der Waals surface area contributed by atoms with Gasteiger partial charge >= 0.3 is 0 Å². The zero-order chi connectivity index (χ0) is 14.1. The number of pyridine rings is 1. The van der Waals surface area contributed by atoms with Gasteiger partial charge in [-0.2, -0.15) is 11.8 Å². The number of benzene rings is 1. The lowest BCUT2D eigenvalue weighted by Gasteiger charge is -2.17. The number of nitrogens with zero attached hydrogens (tertiary/aromatic N) is 1. The van der Waals surface area contributed by atoms with Crippen LogP contribution in [0.1, 0.15) is 25.0 Å². The van der Waals surface area contributed by atoms with Gasteiger partial charge in [-0.3, -0.25) is 4.98 Å². The molecule has 1 aliphatic carbocycles. The van der Waals surface area contributed by atoms with Crippen LogP contribution in [-0.4, -0.2) is 22.5 Å². The van der Waals surface area contributed by atoms with E-state index in [1.807, 2.05) is 30.9 Å². The third-order valence-electron chi connectivity index (χ3n) is 4.15. The van der Waals surface area contributed by atoms with Crippen molar-refractivity contribution in [3.63, 3.8) is 0 Å². The van der Waals surface area contributed by atoms with Crippen LogP contribution in [0.15, 0.2) is 24.4 Å². The van der Waals surface area contributed by atoms with Crippen LogP contribution in [0.4, 0.5) is 11.4 Å². The molecule has 1 aromatic carbocycles. The van der Waals surface area contributed by atoms with Crippen molar-refractivity contribution in [1.29, 1.82) is 0 Å². The molecule has 0 spiro atoms. The van der Waals surface area contributed by atoms with Crippen LogP contribution in [0.2, 0.25) is 0 Å². The number of nitrogens with one attached hydrogen (secondary N) is 1. The number of hydrogen-bond donors (Lipinski definition) is 2. The molecule has 4 heteroatoms. The van der Waals surface area contributed by atoms with E-state index in [1.54, 1.807) is 0 Å². The summed E-state index contributed by atoms with van der Waals surface area (Å²) in [5.41, 5.74) is 9.07. The maximum Gasteiger partial charge on any atom is 0.0424 e. The second-order valence-electron chi connectivity index (χ2n) is 5.59. The molecule has 2 atom stereocenters. The largest absolute Gasteiger partial charge is 0.398 e. The average Bonchev–Trinajstić information content (AvgIpc) is 2.90. The average molecular weight is 287 g/mol. The van der Waals surface area contributed by atoms with Crippen LogP contribution in [0, 0.1) is 6.92 Å². The van der Waals surface area contributed by atoms with Crippen molar-refractivity contribution in [3.8, 4) is 0 Å². The molecule has 0 aliphatic heterocycles. The summed E-state index contributed by atoms with van der Waals surface area (Å²) in [5, 5.41) is 6.73. The molecule has 3 nitrogen and oxygen atoms in total. The summed E-state index contributed by atoms with van der Waals surface area (Å²) in [4.78, 5) is 4.36. The van der Waals surface area contributed by atoms with E-state index in [0.717, 1.165) is 22.0 Å². The smallest absolute Gasteiger partial charge is 0.0424 e. The number of nitrogens with two attached hydrogens (primary N) is 1. The standard InChI is InChI=1S/C16H21N3S/c1-10-7-13-14(9-18-10)15(17)5-6-16(13)19-11-3-4-12(8-11)20-2/h5-7,9,11-12,19H,3-4,8,17H2,1-2H3. The Labute approximate surface area is 124 Å². The normalized spacial score (nSPS) is 22.3. The van der Waals surface area contributed by atoms with Crippen LogP contribution in [0.3, 0.4) is 0 Å². The molecule has 20 heavy (non-hydrogen) atoms. The SMILES string of the molecule is CSC1CCC(Nc2ccc(N)c3cnc(C)cc23)C1. The van der Waals surface area contributed by atoms with E-state index in [2.05, 4.69) is 28.7 Å². The van der Waals surface area contributed by atoms with E-state index in [9.17, 15) is 0 Å². The number of nitrogen functional groups attached to an aromatic ring is 1. The molecule has 1 saturated carbocycles. The number of anilines is 2. The lowest BCUT2D eigenvalue weighted by Crippen LogP contribution is -2.16. The molecule has 106 valence electrons. The van der Waals surface area contributed by atoms with Gasteiger partial charge in [0.15, 0.2) is 0 Å². The molecule has 1 fully saturated rings. The number of fused-ring (bicyclic) bond motifs is 1. The third-order valence-corrected chi connectivity index (χ3v) is 5.24. The molecule has 0 radical (unpaired) electrons. The van der Waals surface area contributed by atoms with E-state index in [-0.39, 0.29) is 0 Å². The fraction of sp³-hybridized carbons (Fsp3) is 0.438. The Hall–Kier alpha value is -1.42. The Bertz CT molecular complexity index is 626. The second-order valence-corrected chi connectivity index (χ2v) is 6.72. The lowest BCUT2D eigenvalue weighted by molar-refractivity contribution is 0.758. The Kier molecular flexibility index (Phi) is 3.74. The minimum absolute atomic E-state index is 0.577. The zero-order valence-corrected chi connectivity index (χ0v) is 12.8. The minimum Gasteiger partial charge on any atom is -0.398 e. The van der Waals surface area contributed by atoms with Gasteiger partial charge in [-0.05, 0) is 50.6 Å². The van der Waals surface area contributed by atoms with Crippen molar-refractivity contribution in [1.82, 2.24) is 4.98 Å². The molecular weight excluding hydrogens is 266 g/mol. The highest BCUT2D eigenvalue weighted by atomic mass is 32.2. The predicted octanol–water partition coefficient (Wildman–Crippen LogP) is 3.82. The summed E-state index contributed by atoms with van der Waals surface area (Å²) in [6, 6.07) is 6.77. The molecule has 3 rings (SSSR count). The first-order valence-electron chi connectivity index (χ1n) is 7.11. The Balaban J connectivity index is 1.92. The molecule has 2 unspecified atom stereocenters. The fourth-order valence-electron chi connectivity index (χ4n) is 3.00. The highest BCUT2D eigenvalue weighted by molar-refractivity contribution is 7.99. The quantitative estimate of drug-likeness (QED) is 0.843.